The van der Waals surface area contributed by atoms with E-state index in [1.54, 1.807) is 34.3 Å². The molecule has 2 atom stereocenters. The third-order valence-electron chi connectivity index (χ3n) is 9.01. The molecule has 3 aliphatic rings. The first-order valence-electron chi connectivity index (χ1n) is 14.5. The van der Waals surface area contributed by atoms with Crippen molar-refractivity contribution in [3.8, 4) is 17.0 Å². The number of fused-ring (bicyclic) bond motifs is 2. The van der Waals surface area contributed by atoms with Crippen molar-refractivity contribution in [3.63, 3.8) is 0 Å². The van der Waals surface area contributed by atoms with Crippen LogP contribution < -0.4 is 9.64 Å². The number of rotatable bonds is 7. The minimum atomic E-state index is -0.661. The van der Waals surface area contributed by atoms with Crippen LogP contribution in [0.15, 0.2) is 41.8 Å². The number of hydrogen-bond acceptors (Lipinski definition) is 7. The molecule has 2 bridgehead atoms. The van der Waals surface area contributed by atoms with Crippen LogP contribution in [0.4, 0.5) is 5.13 Å². The maximum Gasteiger partial charge on any atom is 0.307 e. The topological polar surface area (TPSA) is 103 Å². The predicted octanol–water partition coefficient (Wildman–Crippen LogP) is 4.47. The summed E-state index contributed by atoms with van der Waals surface area (Å²) in [7, 11) is 1.76. The average molecular weight is 589 g/mol. The number of ether oxygens (including phenoxy) is 1. The fraction of sp³-hybridized carbons (Fsp3) is 0.438. The Morgan fingerprint density at radius 3 is 2.52 bits per heavy atom. The van der Waals surface area contributed by atoms with Crippen LogP contribution in [-0.4, -0.2) is 77.4 Å². The second-order valence-electron chi connectivity index (χ2n) is 11.9. The number of carboxylic acid groups (broad SMARTS) is 1. The van der Waals surface area contributed by atoms with E-state index in [2.05, 4.69) is 16.3 Å². The number of thiazole rings is 1. The third kappa shape index (κ3) is 5.47. The lowest BCUT2D eigenvalue weighted by Crippen LogP contribution is -2.50. The SMILES string of the molecule is Cc1ccc(OCc2ccc(C(=O)N3CCN(C)C(=O)C3)cc2C)c(-c2csc(N3CC4CCC(C3)C4C(=O)O)n2)c1. The van der Waals surface area contributed by atoms with Crippen LogP contribution in [0.5, 0.6) is 5.75 Å². The van der Waals surface area contributed by atoms with Crippen LogP contribution in [0, 0.1) is 31.6 Å². The first-order chi connectivity index (χ1) is 20.2. The van der Waals surface area contributed by atoms with Gasteiger partial charge >= 0.3 is 5.97 Å². The molecule has 3 fully saturated rings. The number of aryl methyl sites for hydroxylation is 2. The van der Waals surface area contributed by atoms with Crippen molar-refractivity contribution in [2.24, 2.45) is 17.8 Å². The third-order valence-corrected chi connectivity index (χ3v) is 9.91. The van der Waals surface area contributed by atoms with Crippen LogP contribution in [-0.2, 0) is 16.2 Å². The van der Waals surface area contributed by atoms with Gasteiger partial charge in [-0.3, -0.25) is 14.4 Å². The van der Waals surface area contributed by atoms with Gasteiger partial charge in [-0.15, -0.1) is 11.3 Å². The summed E-state index contributed by atoms with van der Waals surface area (Å²) in [6, 6.07) is 11.7. The standard InChI is InChI=1S/C32H36N4O5S/c1-19-4-9-27(41-17-24-8-5-21(13-20(24)2)30(38)35-11-10-34(3)28(37)16-35)25(12-19)26-18-42-32(33-26)36-14-22-6-7-23(15-36)29(22)31(39)40/h4-5,8-9,12-13,18,22-23,29H,6-7,10-11,14-17H2,1-3H3,(H,39,40). The van der Waals surface area contributed by atoms with Crippen LogP contribution in [0.1, 0.15) is 39.9 Å². The molecule has 10 heteroatoms. The molecule has 2 aromatic carbocycles. The lowest BCUT2D eigenvalue weighted by molar-refractivity contribution is -0.144. The van der Waals surface area contributed by atoms with Crippen LogP contribution in [0.3, 0.4) is 0 Å². The number of amides is 2. The highest BCUT2D eigenvalue weighted by Crippen LogP contribution is 2.44. The molecule has 1 N–H and O–H groups in total. The maximum atomic E-state index is 13.0. The smallest absolute Gasteiger partial charge is 0.307 e. The summed E-state index contributed by atoms with van der Waals surface area (Å²) in [4.78, 5) is 47.3. The Balaban J connectivity index is 1.15. The van der Waals surface area contributed by atoms with Crippen molar-refractivity contribution in [1.29, 1.82) is 0 Å². The van der Waals surface area contributed by atoms with E-state index in [9.17, 15) is 19.5 Å². The van der Waals surface area contributed by atoms with Crippen molar-refractivity contribution >= 4 is 34.3 Å². The zero-order valence-electron chi connectivity index (χ0n) is 24.2. The molecule has 220 valence electrons. The van der Waals surface area contributed by atoms with Gasteiger partial charge in [0.15, 0.2) is 5.13 Å². The number of anilines is 1. The number of likely N-dealkylation sites (N-methyl/N-ethyl adjacent to an activating group) is 1. The fourth-order valence-corrected chi connectivity index (χ4v) is 7.39. The molecular formula is C32H36N4O5S. The summed E-state index contributed by atoms with van der Waals surface area (Å²) >= 11 is 1.59. The predicted molar refractivity (Wildman–Crippen MR) is 161 cm³/mol. The van der Waals surface area contributed by atoms with E-state index in [1.165, 1.54) is 0 Å². The number of aromatic nitrogens is 1. The highest BCUT2D eigenvalue weighted by molar-refractivity contribution is 7.14. The van der Waals surface area contributed by atoms with E-state index in [4.69, 9.17) is 9.72 Å². The van der Waals surface area contributed by atoms with Gasteiger partial charge in [0, 0.05) is 49.7 Å². The number of hydrogen-bond donors (Lipinski definition) is 1. The van der Waals surface area contributed by atoms with E-state index in [-0.39, 0.29) is 36.1 Å². The molecule has 3 aromatic rings. The van der Waals surface area contributed by atoms with Crippen molar-refractivity contribution < 1.29 is 24.2 Å². The molecule has 0 radical (unpaired) electrons. The van der Waals surface area contributed by atoms with E-state index in [0.29, 0.717) is 25.3 Å². The lowest BCUT2D eigenvalue weighted by atomic mass is 9.85. The maximum absolute atomic E-state index is 13.0. The summed E-state index contributed by atoms with van der Waals surface area (Å²) in [5.74, 6) is 0.0220. The second kappa shape index (κ2) is 11.4. The quantitative estimate of drug-likeness (QED) is 0.435. The Morgan fingerprint density at radius 2 is 1.83 bits per heavy atom. The minimum absolute atomic E-state index is 0.0488. The van der Waals surface area contributed by atoms with Crippen LogP contribution in [0.25, 0.3) is 11.3 Å². The molecule has 1 aromatic heterocycles. The van der Waals surface area contributed by atoms with Crippen molar-refractivity contribution in [3.05, 3.63) is 64.0 Å². The normalized spacial score (nSPS) is 22.0. The van der Waals surface area contributed by atoms with E-state index >= 15 is 0 Å². The molecule has 0 spiro atoms. The number of piperidine rings is 1. The average Bonchev–Trinajstić information content (AvgIpc) is 3.56. The minimum Gasteiger partial charge on any atom is -0.488 e. The molecule has 2 saturated heterocycles. The van der Waals surface area contributed by atoms with Crippen molar-refractivity contribution in [2.45, 2.75) is 33.3 Å². The molecular weight excluding hydrogens is 552 g/mol. The number of aliphatic carboxylic acids is 1. The van der Waals surface area contributed by atoms with Crippen LogP contribution in [0.2, 0.25) is 0 Å². The largest absolute Gasteiger partial charge is 0.488 e. The fourth-order valence-electron chi connectivity index (χ4n) is 6.55. The highest BCUT2D eigenvalue weighted by atomic mass is 32.1. The van der Waals surface area contributed by atoms with Crippen molar-refractivity contribution in [2.75, 3.05) is 44.7 Å². The molecule has 1 saturated carbocycles. The first-order valence-corrected chi connectivity index (χ1v) is 15.4. The second-order valence-corrected chi connectivity index (χ2v) is 12.7. The summed E-state index contributed by atoms with van der Waals surface area (Å²) in [5.41, 5.74) is 5.37. The summed E-state index contributed by atoms with van der Waals surface area (Å²) < 4.78 is 6.34. The zero-order chi connectivity index (χ0) is 29.5. The first kappa shape index (κ1) is 28.2. The molecule has 9 nitrogen and oxygen atoms in total. The molecule has 2 aliphatic heterocycles. The van der Waals surface area contributed by atoms with Gasteiger partial charge in [-0.2, -0.15) is 0 Å². The summed E-state index contributed by atoms with van der Waals surface area (Å²) in [6.45, 7) is 7.00. The van der Waals surface area contributed by atoms with Crippen molar-refractivity contribution in [1.82, 2.24) is 14.8 Å². The van der Waals surface area contributed by atoms with Gasteiger partial charge in [0.1, 0.15) is 18.9 Å². The van der Waals surface area contributed by atoms with Gasteiger partial charge in [-0.05, 0) is 73.9 Å². The van der Waals surface area contributed by atoms with E-state index < -0.39 is 5.97 Å². The number of nitrogens with zero attached hydrogens (tertiary/aromatic N) is 4. The van der Waals surface area contributed by atoms with Crippen LogP contribution >= 0.6 is 11.3 Å². The summed E-state index contributed by atoms with van der Waals surface area (Å²) in [6.07, 6.45) is 1.94. The Bertz CT molecular complexity index is 1520. The molecule has 3 heterocycles. The molecule has 1 aliphatic carbocycles. The monoisotopic (exact) mass is 588 g/mol. The Morgan fingerprint density at radius 1 is 1.07 bits per heavy atom. The van der Waals surface area contributed by atoms with Gasteiger partial charge < -0.3 is 24.5 Å². The van der Waals surface area contributed by atoms with Gasteiger partial charge in [-0.25, -0.2) is 4.98 Å². The number of carbonyl (C=O) groups is 3. The van der Waals surface area contributed by atoms with Gasteiger partial charge in [0.05, 0.1) is 11.6 Å². The van der Waals surface area contributed by atoms with Gasteiger partial charge in [0.25, 0.3) is 5.91 Å². The Hall–Kier alpha value is -3.92. The molecule has 42 heavy (non-hydrogen) atoms. The highest BCUT2D eigenvalue weighted by Gasteiger charge is 2.46. The van der Waals surface area contributed by atoms with Gasteiger partial charge in [0.2, 0.25) is 5.91 Å². The number of carbonyl (C=O) groups excluding carboxylic acids is 2. The lowest BCUT2D eigenvalue weighted by Gasteiger charge is -2.35. The molecule has 2 amide bonds. The Kier molecular flexibility index (Phi) is 7.66. The number of benzene rings is 2. The molecule has 2 unspecified atom stereocenters. The number of carboxylic acids is 1. The Labute approximate surface area is 249 Å². The van der Waals surface area contributed by atoms with E-state index in [0.717, 1.165) is 64.8 Å². The van der Waals surface area contributed by atoms with Gasteiger partial charge in [-0.1, -0.05) is 17.7 Å². The molecule has 6 rings (SSSR count). The zero-order valence-corrected chi connectivity index (χ0v) is 25.0. The summed E-state index contributed by atoms with van der Waals surface area (Å²) in [5, 5.41) is 12.6. The number of piperazine rings is 1. The van der Waals surface area contributed by atoms with E-state index in [1.807, 2.05) is 38.1 Å².